The Hall–Kier alpha value is -1.79. The van der Waals surface area contributed by atoms with Crippen LogP contribution in [0.1, 0.15) is 26.7 Å². The highest BCUT2D eigenvalue weighted by atomic mass is 16.5. The minimum absolute atomic E-state index is 0.119. The molecule has 0 aliphatic carbocycles. The number of aliphatic carboxylic acids is 1. The topological polar surface area (TPSA) is 87.2 Å². The van der Waals surface area contributed by atoms with Crippen LogP contribution in [0.5, 0.6) is 0 Å². The summed E-state index contributed by atoms with van der Waals surface area (Å²) < 4.78 is 4.55. The van der Waals surface area contributed by atoms with Gasteiger partial charge in [0, 0.05) is 19.6 Å². The number of carbonyl (C=O) groups is 3. The molecule has 0 radical (unpaired) electrons. The first kappa shape index (κ1) is 16.3. The van der Waals surface area contributed by atoms with Crippen LogP contribution in [0.15, 0.2) is 0 Å². The Balaban J connectivity index is 2.74. The van der Waals surface area contributed by atoms with E-state index in [4.69, 9.17) is 0 Å². The molecule has 1 N–H and O–H groups in total. The van der Waals surface area contributed by atoms with Crippen molar-refractivity contribution in [3.8, 4) is 0 Å². The molecule has 1 unspecified atom stereocenters. The Morgan fingerprint density at radius 3 is 2.55 bits per heavy atom. The second kappa shape index (κ2) is 6.58. The molecule has 1 rings (SSSR count). The van der Waals surface area contributed by atoms with Crippen molar-refractivity contribution in [3.05, 3.63) is 0 Å². The molecule has 7 heteroatoms. The maximum atomic E-state index is 12.3. The number of likely N-dealkylation sites (N-methyl/N-ethyl adjacent to an activating group) is 1. The summed E-state index contributed by atoms with van der Waals surface area (Å²) in [5.74, 6) is -1.38. The lowest BCUT2D eigenvalue weighted by Gasteiger charge is -2.39. The van der Waals surface area contributed by atoms with Crippen molar-refractivity contribution in [2.75, 3.05) is 33.3 Å². The van der Waals surface area contributed by atoms with E-state index in [-0.39, 0.29) is 19.1 Å². The number of esters is 1. The second-order valence-electron chi connectivity index (χ2n) is 5.26. The molecule has 0 bridgehead atoms. The van der Waals surface area contributed by atoms with Crippen LogP contribution < -0.4 is 0 Å². The fourth-order valence-electron chi connectivity index (χ4n) is 2.31. The summed E-state index contributed by atoms with van der Waals surface area (Å²) in [7, 11) is 1.27. The van der Waals surface area contributed by atoms with Crippen molar-refractivity contribution in [1.82, 2.24) is 9.80 Å². The van der Waals surface area contributed by atoms with Crippen LogP contribution in [-0.4, -0.2) is 66.2 Å². The van der Waals surface area contributed by atoms with Crippen LogP contribution >= 0.6 is 0 Å². The van der Waals surface area contributed by atoms with Gasteiger partial charge in [-0.3, -0.25) is 9.59 Å². The van der Waals surface area contributed by atoms with Crippen molar-refractivity contribution < 1.29 is 24.2 Å². The number of carboxylic acids is 1. The minimum Gasteiger partial charge on any atom is -0.481 e. The zero-order valence-corrected chi connectivity index (χ0v) is 12.2. The number of ether oxygens (including phenoxy) is 1. The zero-order valence-electron chi connectivity index (χ0n) is 12.2. The number of nitrogens with zero attached hydrogens (tertiary/aromatic N) is 2. The highest BCUT2D eigenvalue weighted by Gasteiger charge is 2.40. The Morgan fingerprint density at radius 1 is 1.40 bits per heavy atom. The fraction of sp³-hybridized carbons (Fsp3) is 0.769. The third-order valence-corrected chi connectivity index (χ3v) is 3.68. The third-order valence-electron chi connectivity index (χ3n) is 3.68. The van der Waals surface area contributed by atoms with E-state index < -0.39 is 17.4 Å². The van der Waals surface area contributed by atoms with Gasteiger partial charge in [-0.25, -0.2) is 4.79 Å². The van der Waals surface area contributed by atoms with Crippen LogP contribution in [0.3, 0.4) is 0 Å². The summed E-state index contributed by atoms with van der Waals surface area (Å²) >= 11 is 0. The highest BCUT2D eigenvalue weighted by molar-refractivity contribution is 5.82. The largest absolute Gasteiger partial charge is 0.481 e. The van der Waals surface area contributed by atoms with E-state index in [1.165, 1.54) is 16.9 Å². The summed E-state index contributed by atoms with van der Waals surface area (Å²) in [6, 6.07) is -0.315. The lowest BCUT2D eigenvalue weighted by Crippen LogP contribution is -2.53. The lowest BCUT2D eigenvalue weighted by molar-refractivity contribution is -0.150. The van der Waals surface area contributed by atoms with Gasteiger partial charge in [0.2, 0.25) is 0 Å². The SMILES string of the molecule is CCN(CC(=O)OC)C(=O)N1CCCC(C)(C(=O)O)C1. The van der Waals surface area contributed by atoms with Crippen LogP contribution in [0.2, 0.25) is 0 Å². The normalized spacial score (nSPS) is 22.2. The molecular formula is C13H22N2O5. The van der Waals surface area contributed by atoms with Crippen LogP contribution in [0.4, 0.5) is 4.79 Å². The average molecular weight is 286 g/mol. The van der Waals surface area contributed by atoms with E-state index in [0.29, 0.717) is 25.9 Å². The van der Waals surface area contributed by atoms with Gasteiger partial charge in [0.25, 0.3) is 0 Å². The van der Waals surface area contributed by atoms with Gasteiger partial charge >= 0.3 is 18.0 Å². The van der Waals surface area contributed by atoms with Gasteiger partial charge in [-0.05, 0) is 26.7 Å². The summed E-state index contributed by atoms with van der Waals surface area (Å²) in [6.45, 7) is 4.34. The first-order chi connectivity index (χ1) is 9.34. The summed E-state index contributed by atoms with van der Waals surface area (Å²) in [5, 5.41) is 9.25. The Kier molecular flexibility index (Phi) is 5.35. The highest BCUT2D eigenvalue weighted by Crippen LogP contribution is 2.30. The van der Waals surface area contributed by atoms with Crippen molar-refractivity contribution in [2.24, 2.45) is 5.41 Å². The van der Waals surface area contributed by atoms with Crippen molar-refractivity contribution >= 4 is 18.0 Å². The van der Waals surface area contributed by atoms with Gasteiger partial charge in [-0.2, -0.15) is 0 Å². The van der Waals surface area contributed by atoms with E-state index >= 15 is 0 Å². The number of methoxy groups -OCH3 is 1. The van der Waals surface area contributed by atoms with Crippen LogP contribution in [0.25, 0.3) is 0 Å². The third kappa shape index (κ3) is 3.61. The van der Waals surface area contributed by atoms with Gasteiger partial charge in [-0.15, -0.1) is 0 Å². The number of amides is 2. The van der Waals surface area contributed by atoms with Gasteiger partial charge < -0.3 is 19.6 Å². The Bertz CT molecular complexity index is 398. The van der Waals surface area contributed by atoms with Gasteiger partial charge in [-0.1, -0.05) is 0 Å². The van der Waals surface area contributed by atoms with E-state index in [1.54, 1.807) is 13.8 Å². The van der Waals surface area contributed by atoms with Crippen molar-refractivity contribution in [1.29, 1.82) is 0 Å². The molecule has 0 spiro atoms. The molecule has 0 aromatic heterocycles. The number of hydrogen-bond acceptors (Lipinski definition) is 4. The van der Waals surface area contributed by atoms with Gasteiger partial charge in [0.1, 0.15) is 6.54 Å². The number of hydrogen-bond donors (Lipinski definition) is 1. The van der Waals surface area contributed by atoms with Crippen LogP contribution in [-0.2, 0) is 14.3 Å². The summed E-state index contributed by atoms with van der Waals surface area (Å²) in [6.07, 6.45) is 1.19. The molecule has 1 aliphatic rings. The van der Waals surface area contributed by atoms with E-state index in [1.807, 2.05) is 0 Å². The predicted octanol–water partition coefficient (Wildman–Crippen LogP) is 0.788. The number of carboxylic acid groups (broad SMARTS) is 1. The molecule has 2 amide bonds. The fourth-order valence-corrected chi connectivity index (χ4v) is 2.31. The predicted molar refractivity (Wildman–Crippen MR) is 71.2 cm³/mol. The van der Waals surface area contributed by atoms with Gasteiger partial charge in [0.15, 0.2) is 0 Å². The van der Waals surface area contributed by atoms with E-state index in [9.17, 15) is 19.5 Å². The molecule has 0 aromatic carbocycles. The minimum atomic E-state index is -0.918. The number of likely N-dealkylation sites (tertiary alicyclic amines) is 1. The van der Waals surface area contributed by atoms with Crippen molar-refractivity contribution in [3.63, 3.8) is 0 Å². The maximum absolute atomic E-state index is 12.3. The first-order valence-corrected chi connectivity index (χ1v) is 6.68. The number of rotatable bonds is 4. The number of piperidine rings is 1. The monoisotopic (exact) mass is 286 g/mol. The van der Waals surface area contributed by atoms with E-state index in [0.717, 1.165) is 0 Å². The van der Waals surface area contributed by atoms with Crippen molar-refractivity contribution in [2.45, 2.75) is 26.7 Å². The molecule has 114 valence electrons. The summed E-state index contributed by atoms with van der Waals surface area (Å²) in [4.78, 5) is 37.8. The molecule has 1 fully saturated rings. The molecule has 0 saturated carbocycles. The van der Waals surface area contributed by atoms with E-state index in [2.05, 4.69) is 4.74 Å². The second-order valence-corrected chi connectivity index (χ2v) is 5.26. The molecule has 20 heavy (non-hydrogen) atoms. The number of carbonyl (C=O) groups excluding carboxylic acids is 2. The zero-order chi connectivity index (χ0) is 15.3. The lowest BCUT2D eigenvalue weighted by atomic mass is 9.82. The maximum Gasteiger partial charge on any atom is 0.325 e. The standard InChI is InChI=1S/C13H22N2O5/c1-4-14(8-10(16)20-3)12(19)15-7-5-6-13(2,9-15)11(17)18/h4-9H2,1-3H3,(H,17,18). The van der Waals surface area contributed by atoms with Gasteiger partial charge in [0.05, 0.1) is 12.5 Å². The molecule has 1 heterocycles. The molecule has 7 nitrogen and oxygen atoms in total. The van der Waals surface area contributed by atoms with Crippen LogP contribution in [0, 0.1) is 5.41 Å². The quantitative estimate of drug-likeness (QED) is 0.772. The Morgan fingerprint density at radius 2 is 2.05 bits per heavy atom. The molecule has 1 saturated heterocycles. The Labute approximate surface area is 118 Å². The average Bonchev–Trinajstić information content (AvgIpc) is 2.43. The number of urea groups is 1. The molecular weight excluding hydrogens is 264 g/mol. The molecule has 0 aromatic rings. The first-order valence-electron chi connectivity index (χ1n) is 6.68. The molecule has 1 atom stereocenters. The smallest absolute Gasteiger partial charge is 0.325 e. The summed E-state index contributed by atoms with van der Waals surface area (Å²) in [5.41, 5.74) is -0.918. The molecule has 1 aliphatic heterocycles.